The number of benzene rings is 8. The third-order valence-corrected chi connectivity index (χ3v) is 21.3. The Balaban J connectivity index is 0.000000234. The van der Waals surface area contributed by atoms with E-state index < -0.39 is 33.9 Å². The average Bonchev–Trinajstić information content (AvgIpc) is 0.750. The number of carbonyl (C=O) groups is 5. The van der Waals surface area contributed by atoms with Crippen LogP contribution in [0.3, 0.4) is 0 Å². The summed E-state index contributed by atoms with van der Waals surface area (Å²) < 4.78 is 9.22. The number of para-hydroxylation sites is 2. The van der Waals surface area contributed by atoms with Gasteiger partial charge in [0, 0.05) is 133 Å². The van der Waals surface area contributed by atoms with Crippen LogP contribution in [0.25, 0.3) is 5.82 Å². The molecule has 3 aromatic heterocycles. The van der Waals surface area contributed by atoms with Gasteiger partial charge in [0.05, 0.1) is 0 Å². The summed E-state index contributed by atoms with van der Waals surface area (Å²) in [6, 6.07) is 72.7. The number of nitrogens with zero attached hydrogens (tertiary/aromatic N) is 5. The average molecular weight is 1810 g/mol. The van der Waals surface area contributed by atoms with Gasteiger partial charge in [0.1, 0.15) is 22.5 Å². The number of aryl methyl sites for hydroxylation is 4. The van der Waals surface area contributed by atoms with Crippen molar-refractivity contribution < 1.29 is 207 Å². The van der Waals surface area contributed by atoms with Gasteiger partial charge in [0.2, 0.25) is 29.9 Å². The Morgan fingerprint density at radius 1 is 0.538 bits per heavy atom. The van der Waals surface area contributed by atoms with E-state index in [1.54, 1.807) is 6.20 Å². The van der Waals surface area contributed by atoms with Crippen molar-refractivity contribution >= 4 is 124 Å². The molecule has 4 aliphatic rings. The zero-order valence-electron chi connectivity index (χ0n) is 59.8. The molecular formula is C81H77ClCs2N9O10P2Pd+. The van der Waals surface area contributed by atoms with Gasteiger partial charge in [-0.25, -0.2) is 15.0 Å². The van der Waals surface area contributed by atoms with E-state index in [1.165, 1.54) is 43.0 Å². The first-order chi connectivity index (χ1) is 49.6. The number of amides is 2. The molecule has 0 saturated heterocycles. The molecule has 106 heavy (non-hydrogen) atoms. The molecule has 8 aromatic carbocycles. The van der Waals surface area contributed by atoms with Crippen molar-refractivity contribution in [1.82, 2.24) is 24.5 Å². The minimum absolute atomic E-state index is 0. The molecule has 6 heterocycles. The SMILES string of the molecule is C1=CCC=C1.CC(=O)O.CC(=O)O.CC1(C)c2cccc(P(c3ccccc3)c3ccccc3)c2Oc2c(P(c3ccccc3)c3ccccc3)cccc21.Cc1cnc(Nc2ccc3c(c2)CCC(=O)N3)nc1-n1cccc1.Cc1cnc(Nc2ccc3c(c2)CCC(=O)N3)nc1Cl.O=C([O-])O.[Cs+].[Cs+].[Pd]. The second-order valence-corrected chi connectivity index (χ2v) is 28.7. The van der Waals surface area contributed by atoms with Crippen molar-refractivity contribution in [2.45, 2.75) is 79.1 Å². The van der Waals surface area contributed by atoms with Crippen LogP contribution in [0.5, 0.6) is 11.5 Å². The monoisotopic (exact) mass is 1800 g/mol. The van der Waals surface area contributed by atoms with Gasteiger partial charge in [-0.2, -0.15) is 4.98 Å². The van der Waals surface area contributed by atoms with Gasteiger partial charge in [-0.3, -0.25) is 19.2 Å². The fourth-order valence-corrected chi connectivity index (χ4v) is 16.2. The van der Waals surface area contributed by atoms with Gasteiger partial charge < -0.3 is 55.8 Å². The summed E-state index contributed by atoms with van der Waals surface area (Å²) in [5, 5.41) is 50.5. The number of anilines is 6. The predicted molar refractivity (Wildman–Crippen MR) is 411 cm³/mol. The maximum absolute atomic E-state index is 11.4. The minimum Gasteiger partial charge on any atom is -0.565 e. The third kappa shape index (κ3) is 25.6. The summed E-state index contributed by atoms with van der Waals surface area (Å²) in [7, 11) is -1.65. The molecule has 0 spiro atoms. The molecule has 0 bridgehead atoms. The van der Waals surface area contributed by atoms with Crippen molar-refractivity contribution in [3.05, 3.63) is 294 Å². The number of aliphatic carboxylic acids is 2. The number of rotatable bonds is 11. The van der Waals surface area contributed by atoms with Crippen LogP contribution in [0.1, 0.15) is 80.3 Å². The maximum atomic E-state index is 11.4. The molecule has 2 amide bonds. The van der Waals surface area contributed by atoms with E-state index in [9.17, 15) is 9.59 Å². The Bertz CT molecular complexity index is 4560. The first-order valence-electron chi connectivity index (χ1n) is 32.8. The number of fused-ring (bicyclic) bond motifs is 4. The van der Waals surface area contributed by atoms with Crippen LogP contribution in [0.4, 0.5) is 39.4 Å². The Labute approximate surface area is 756 Å². The van der Waals surface area contributed by atoms with Crippen LogP contribution < -0.4 is 201 Å². The number of hydrogen-bond donors (Lipinski definition) is 7. The number of carbonyl (C=O) groups excluding carboxylic acids is 2. The molecule has 7 N–H and O–H groups in total. The number of nitrogens with one attached hydrogen (secondary N) is 4. The van der Waals surface area contributed by atoms with Crippen LogP contribution >= 0.6 is 27.4 Å². The van der Waals surface area contributed by atoms with Crippen molar-refractivity contribution in [1.29, 1.82) is 0 Å². The Morgan fingerprint density at radius 2 is 0.906 bits per heavy atom. The van der Waals surface area contributed by atoms with Crippen molar-refractivity contribution in [2.75, 3.05) is 21.3 Å². The zero-order valence-corrected chi connectivity index (χ0v) is 76.5. The van der Waals surface area contributed by atoms with E-state index >= 15 is 0 Å². The first-order valence-corrected chi connectivity index (χ1v) is 35.9. The van der Waals surface area contributed by atoms with Crippen LogP contribution in [0.2, 0.25) is 5.15 Å². The normalized spacial score (nSPS) is 12.4. The summed E-state index contributed by atoms with van der Waals surface area (Å²) >= 11 is 5.97. The van der Waals surface area contributed by atoms with Crippen LogP contribution in [-0.2, 0) is 57.9 Å². The number of hydrogen-bond acceptors (Lipinski definition) is 13. The van der Waals surface area contributed by atoms with E-state index in [1.807, 2.05) is 85.5 Å². The molecule has 25 heteroatoms. The van der Waals surface area contributed by atoms with E-state index in [-0.39, 0.29) is 175 Å². The smallest absolute Gasteiger partial charge is 0.565 e. The number of carboxylic acids is 2. The Morgan fingerprint density at radius 3 is 1.26 bits per heavy atom. The summed E-state index contributed by atoms with van der Waals surface area (Å²) in [5.41, 5.74) is 9.87. The molecule has 15 rings (SSSR count). The van der Waals surface area contributed by atoms with E-state index in [0.29, 0.717) is 29.9 Å². The largest absolute Gasteiger partial charge is 1.00 e. The quantitative estimate of drug-likeness (QED) is 0.0363. The molecule has 11 aromatic rings. The Kier molecular flexibility index (Phi) is 36.5. The van der Waals surface area contributed by atoms with Gasteiger partial charge in [-0.1, -0.05) is 207 Å². The molecule has 1 aliphatic carbocycles. The molecule has 3 aliphatic heterocycles. The molecule has 0 unspecified atom stereocenters. The van der Waals surface area contributed by atoms with Crippen molar-refractivity contribution in [2.24, 2.45) is 0 Å². The van der Waals surface area contributed by atoms with Crippen LogP contribution in [-0.4, -0.2) is 69.7 Å². The summed E-state index contributed by atoms with van der Waals surface area (Å²) in [6.07, 6.45) is 17.4. The standard InChI is InChI=1S/C39H32OP2.C18H17N5O.C14H13ClN4O.C5H6.2C2H4O2.CH2O3.2Cs.Pd/c1-39(2)33-25-15-27-35(41(29-17-7-3-8-18-29)30-19-9-4-10-20-30)37(33)40-38-34(39)26-16-28-36(38)42(31-21-11-5-12-22-31)32-23-13-6-14-24-32;1-12-11-19-18(22-17(12)23-8-2-3-9-23)20-14-5-6-15-13(10-14)4-7-16(24)21-15;1-8-7-16-14(19-13(8)15)17-10-3-4-11-9(6-10)2-5-12(20)18-11;1-2-4-5-3-1;2*1-2(3)4;2-1(3)4;;;/h3-28H,1-2H3;2-3,5-6,8-11H,4,7H2,1H3,(H,21,24)(H,19,20,22);3-4,6-7H,2,5H2,1H3,(H,18,20)(H,16,17,19);1-4H,5H2;2*1H3,(H,3,4);(H2,2,3,4);;;/q;;;;;;;2*+1;/p-1. The molecule has 0 atom stereocenters. The molecule has 19 nitrogen and oxygen atoms in total. The predicted octanol–water partition coefficient (Wildman–Crippen LogP) is 8.48. The van der Waals surface area contributed by atoms with E-state index in [0.717, 1.165) is 95.4 Å². The zero-order chi connectivity index (χ0) is 73.4. The van der Waals surface area contributed by atoms with Crippen molar-refractivity contribution in [3.8, 4) is 17.3 Å². The van der Waals surface area contributed by atoms with Crippen LogP contribution in [0, 0.1) is 13.8 Å². The van der Waals surface area contributed by atoms with Gasteiger partial charge in [-0.15, -0.1) is 0 Å². The fourth-order valence-electron chi connectivity index (χ4n) is 11.3. The molecule has 0 fully saturated rings. The summed E-state index contributed by atoms with van der Waals surface area (Å²) in [4.78, 5) is 66.5. The number of allylic oxidation sites excluding steroid dienone is 4. The Hall–Kier alpha value is -6.85. The molecule has 0 saturated carbocycles. The number of aromatic nitrogens is 5. The number of ether oxygens (including phenoxy) is 1. The van der Waals surface area contributed by atoms with E-state index in [2.05, 4.69) is 237 Å². The fraction of sp³-hybridized carbons (Fsp3) is 0.148. The second kappa shape index (κ2) is 44.0. The van der Waals surface area contributed by atoms with Gasteiger partial charge >= 0.3 is 138 Å². The number of carboxylic acid groups (broad SMARTS) is 4. The van der Waals surface area contributed by atoms with Gasteiger partial charge in [-0.05, 0) is 130 Å². The molecule has 0 radical (unpaired) electrons. The summed E-state index contributed by atoms with van der Waals surface area (Å²) in [5.74, 6) is 2.34. The molecule has 534 valence electrons. The van der Waals surface area contributed by atoms with E-state index in [4.69, 9.17) is 51.1 Å². The topological polar surface area (TPSA) is 283 Å². The van der Waals surface area contributed by atoms with Crippen LogP contribution in [0.15, 0.2) is 255 Å². The number of halogens is 1. The molecular weight excluding hydrogens is 1730 g/mol. The third-order valence-electron chi connectivity index (χ3n) is 16.0. The minimum atomic E-state index is -2.08. The van der Waals surface area contributed by atoms with Gasteiger partial charge in [0.15, 0.2) is 0 Å². The van der Waals surface area contributed by atoms with Gasteiger partial charge in [0.25, 0.3) is 11.9 Å². The maximum Gasteiger partial charge on any atom is 1.00 e. The first kappa shape index (κ1) is 88.1. The second-order valence-electron chi connectivity index (χ2n) is 24.0. The van der Waals surface area contributed by atoms with Crippen molar-refractivity contribution in [3.63, 3.8) is 0 Å². The summed E-state index contributed by atoms with van der Waals surface area (Å²) in [6.45, 7) is 10.7.